The summed E-state index contributed by atoms with van der Waals surface area (Å²) in [5, 5.41) is 3.40. The zero-order chi connectivity index (χ0) is 20.6. The maximum absolute atomic E-state index is 13.3. The standard InChI is InChI=1S/C24H19ClN2O3/c25-13-4-6-14(7-5-13)26-22(28)12-2-1-3-15(10-12)27-23(29)20-16-8-9-17(19-11-18(16)19)21(20)24(27)30/h1-10,16-21H,11H2,(H,26,28). The summed E-state index contributed by atoms with van der Waals surface area (Å²) in [5.74, 6) is 0.453. The Morgan fingerprint density at radius 3 is 2.20 bits per heavy atom. The first-order valence-electron chi connectivity index (χ1n) is 10.3. The highest BCUT2D eigenvalue weighted by Crippen LogP contribution is 2.65. The molecule has 3 amide bonds. The van der Waals surface area contributed by atoms with Gasteiger partial charge in [0.05, 0.1) is 17.5 Å². The molecule has 2 bridgehead atoms. The van der Waals surface area contributed by atoms with Gasteiger partial charge in [-0.1, -0.05) is 29.8 Å². The van der Waals surface area contributed by atoms with E-state index in [1.807, 2.05) is 0 Å². The van der Waals surface area contributed by atoms with Crippen LogP contribution in [-0.2, 0) is 9.59 Å². The minimum Gasteiger partial charge on any atom is -0.322 e. The number of hydrogen-bond acceptors (Lipinski definition) is 3. The normalized spacial score (nSPS) is 32.8. The van der Waals surface area contributed by atoms with Gasteiger partial charge in [0.2, 0.25) is 11.8 Å². The zero-order valence-electron chi connectivity index (χ0n) is 16.0. The van der Waals surface area contributed by atoms with E-state index in [-0.39, 0.29) is 41.4 Å². The minimum atomic E-state index is -0.307. The largest absolute Gasteiger partial charge is 0.322 e. The molecule has 0 spiro atoms. The first-order valence-corrected chi connectivity index (χ1v) is 10.6. The fourth-order valence-electron chi connectivity index (χ4n) is 5.73. The van der Waals surface area contributed by atoms with Gasteiger partial charge in [-0.25, -0.2) is 4.90 Å². The number of nitrogens with one attached hydrogen (secondary N) is 1. The fraction of sp³-hybridized carbons (Fsp3) is 0.292. The molecule has 150 valence electrons. The molecule has 7 rings (SSSR count). The van der Waals surface area contributed by atoms with Gasteiger partial charge in [-0.15, -0.1) is 0 Å². The second-order valence-electron chi connectivity index (χ2n) is 8.68. The maximum atomic E-state index is 13.3. The van der Waals surface area contributed by atoms with Gasteiger partial charge < -0.3 is 5.32 Å². The molecule has 2 aromatic carbocycles. The number of imide groups is 1. The Bertz CT molecular complexity index is 1090. The van der Waals surface area contributed by atoms with E-state index in [2.05, 4.69) is 17.5 Å². The van der Waals surface area contributed by atoms with Crippen molar-refractivity contribution in [2.75, 3.05) is 10.2 Å². The van der Waals surface area contributed by atoms with Gasteiger partial charge in [0.25, 0.3) is 5.91 Å². The van der Waals surface area contributed by atoms with Gasteiger partial charge in [0, 0.05) is 16.3 Å². The van der Waals surface area contributed by atoms with Gasteiger partial charge in [0.15, 0.2) is 0 Å². The fourth-order valence-corrected chi connectivity index (χ4v) is 5.86. The molecule has 1 aliphatic heterocycles. The summed E-state index contributed by atoms with van der Waals surface area (Å²) in [5.41, 5.74) is 1.48. The van der Waals surface area contributed by atoms with Crippen LogP contribution in [0.1, 0.15) is 16.8 Å². The highest BCUT2D eigenvalue weighted by molar-refractivity contribution is 6.30. The van der Waals surface area contributed by atoms with E-state index in [0.717, 1.165) is 6.42 Å². The maximum Gasteiger partial charge on any atom is 0.255 e. The van der Waals surface area contributed by atoms with Crippen LogP contribution in [-0.4, -0.2) is 17.7 Å². The van der Waals surface area contributed by atoms with E-state index >= 15 is 0 Å². The van der Waals surface area contributed by atoms with Crippen LogP contribution >= 0.6 is 11.6 Å². The lowest BCUT2D eigenvalue weighted by atomic mass is 9.63. The number of carbonyl (C=O) groups excluding carboxylic acids is 3. The molecule has 5 aliphatic rings. The van der Waals surface area contributed by atoms with Crippen LogP contribution in [0.5, 0.6) is 0 Å². The molecule has 6 heteroatoms. The number of anilines is 2. The lowest BCUT2D eigenvalue weighted by molar-refractivity contribution is -0.124. The zero-order valence-corrected chi connectivity index (χ0v) is 16.8. The number of benzene rings is 2. The highest BCUT2D eigenvalue weighted by atomic mass is 35.5. The van der Waals surface area contributed by atoms with Crippen molar-refractivity contribution in [1.29, 1.82) is 0 Å². The van der Waals surface area contributed by atoms with Crippen LogP contribution in [0, 0.1) is 35.5 Å². The van der Waals surface area contributed by atoms with Gasteiger partial charge >= 0.3 is 0 Å². The van der Waals surface area contributed by atoms with E-state index < -0.39 is 0 Å². The molecule has 3 fully saturated rings. The summed E-state index contributed by atoms with van der Waals surface area (Å²) in [6.45, 7) is 0. The predicted molar refractivity (Wildman–Crippen MR) is 113 cm³/mol. The third kappa shape index (κ3) is 2.51. The van der Waals surface area contributed by atoms with Gasteiger partial charge in [-0.2, -0.15) is 0 Å². The third-order valence-electron chi connectivity index (χ3n) is 7.13. The molecule has 30 heavy (non-hydrogen) atoms. The molecule has 6 atom stereocenters. The van der Waals surface area contributed by atoms with Gasteiger partial charge in [0.1, 0.15) is 0 Å². The predicted octanol–water partition coefficient (Wildman–Crippen LogP) is 4.15. The van der Waals surface area contributed by atoms with E-state index in [0.29, 0.717) is 33.8 Å². The summed E-state index contributed by atoms with van der Waals surface area (Å²) in [4.78, 5) is 40.5. The van der Waals surface area contributed by atoms with Crippen LogP contribution in [0.25, 0.3) is 0 Å². The summed E-state index contributed by atoms with van der Waals surface area (Å²) < 4.78 is 0. The molecule has 5 nitrogen and oxygen atoms in total. The highest BCUT2D eigenvalue weighted by Gasteiger charge is 2.67. The van der Waals surface area contributed by atoms with Gasteiger partial charge in [-0.05, 0) is 72.6 Å². The van der Waals surface area contributed by atoms with Gasteiger partial charge in [-0.3, -0.25) is 14.4 Å². The molecule has 0 aromatic heterocycles. The molecule has 2 saturated carbocycles. The van der Waals surface area contributed by atoms with Crippen molar-refractivity contribution in [2.45, 2.75) is 6.42 Å². The SMILES string of the molecule is O=C(Nc1ccc(Cl)cc1)c1cccc(N2C(=O)C3C4C=CC(C5CC45)C3C2=O)c1. The first kappa shape index (κ1) is 17.9. The van der Waals surface area contributed by atoms with E-state index in [1.165, 1.54) is 4.90 Å². The Balaban J connectivity index is 1.28. The Morgan fingerprint density at radius 1 is 0.933 bits per heavy atom. The molecule has 1 saturated heterocycles. The Morgan fingerprint density at radius 2 is 1.57 bits per heavy atom. The number of nitrogens with zero attached hydrogens (tertiary/aromatic N) is 1. The lowest BCUT2D eigenvalue weighted by Crippen LogP contribution is -2.40. The average molecular weight is 419 g/mol. The molecule has 6 unspecified atom stereocenters. The summed E-state index contributed by atoms with van der Waals surface area (Å²) >= 11 is 5.89. The lowest BCUT2D eigenvalue weighted by Gasteiger charge is -2.37. The van der Waals surface area contributed by atoms with Crippen LogP contribution in [0.15, 0.2) is 60.7 Å². The van der Waals surface area contributed by atoms with E-state index in [1.54, 1.807) is 48.5 Å². The van der Waals surface area contributed by atoms with Crippen molar-refractivity contribution in [3.63, 3.8) is 0 Å². The smallest absolute Gasteiger partial charge is 0.255 e. The van der Waals surface area contributed by atoms with Crippen molar-refractivity contribution in [1.82, 2.24) is 0 Å². The van der Waals surface area contributed by atoms with Crippen molar-refractivity contribution < 1.29 is 14.4 Å². The van der Waals surface area contributed by atoms with Crippen molar-refractivity contribution >= 4 is 40.7 Å². The van der Waals surface area contributed by atoms with E-state index in [9.17, 15) is 14.4 Å². The summed E-state index contributed by atoms with van der Waals surface area (Å²) in [6, 6.07) is 13.6. The van der Waals surface area contributed by atoms with Crippen molar-refractivity contribution in [3.05, 3.63) is 71.3 Å². The second-order valence-corrected chi connectivity index (χ2v) is 9.11. The van der Waals surface area contributed by atoms with Crippen LogP contribution < -0.4 is 10.2 Å². The second kappa shape index (κ2) is 6.29. The average Bonchev–Trinajstić information content (AvgIpc) is 3.53. The number of carbonyl (C=O) groups is 3. The Labute approximate surface area is 178 Å². The number of hydrogen-bond donors (Lipinski definition) is 1. The van der Waals surface area contributed by atoms with Crippen LogP contribution in [0.3, 0.4) is 0 Å². The molecule has 0 radical (unpaired) electrons. The molecule has 1 heterocycles. The Kier molecular flexibility index (Phi) is 3.75. The van der Waals surface area contributed by atoms with Crippen molar-refractivity contribution in [2.24, 2.45) is 35.5 Å². The monoisotopic (exact) mass is 418 g/mol. The number of halogens is 1. The summed E-state index contributed by atoms with van der Waals surface area (Å²) in [6.07, 6.45) is 5.45. The third-order valence-corrected chi connectivity index (χ3v) is 7.38. The van der Waals surface area contributed by atoms with Crippen molar-refractivity contribution in [3.8, 4) is 0 Å². The minimum absolute atomic E-state index is 0.120. The molecular formula is C24H19ClN2O3. The molecule has 1 N–H and O–H groups in total. The topological polar surface area (TPSA) is 66.5 Å². The van der Waals surface area contributed by atoms with Crippen LogP contribution in [0.2, 0.25) is 5.02 Å². The quantitative estimate of drug-likeness (QED) is 0.601. The Hall–Kier alpha value is -2.92. The molecular weight excluding hydrogens is 400 g/mol. The number of rotatable bonds is 3. The van der Waals surface area contributed by atoms with E-state index in [4.69, 9.17) is 11.6 Å². The molecule has 2 aromatic rings. The molecule has 4 aliphatic carbocycles. The summed E-state index contributed by atoms with van der Waals surface area (Å²) in [7, 11) is 0. The number of allylic oxidation sites excluding steroid dienone is 2. The number of amides is 3. The van der Waals surface area contributed by atoms with Crippen LogP contribution in [0.4, 0.5) is 11.4 Å². The first-order chi connectivity index (χ1) is 14.5.